The maximum atomic E-state index is 12.5. The lowest BCUT2D eigenvalue weighted by Gasteiger charge is -2.32. The highest BCUT2D eigenvalue weighted by Crippen LogP contribution is 2.19. The Balaban J connectivity index is 1.76. The lowest BCUT2D eigenvalue weighted by molar-refractivity contribution is -0.132. The van der Waals surface area contributed by atoms with Crippen molar-refractivity contribution in [3.05, 3.63) is 42.0 Å². The number of likely N-dealkylation sites (tertiary alicyclic amines) is 1. The van der Waals surface area contributed by atoms with Crippen LogP contribution in [0, 0.1) is 11.3 Å². The van der Waals surface area contributed by atoms with Crippen LogP contribution in [0.3, 0.4) is 0 Å². The summed E-state index contributed by atoms with van der Waals surface area (Å²) < 4.78 is 0. The molecule has 1 N–H and O–H groups in total. The van der Waals surface area contributed by atoms with Crippen molar-refractivity contribution in [3.8, 4) is 0 Å². The number of hydrogen-bond donors (Lipinski definition) is 1. The Morgan fingerprint density at radius 1 is 1.19 bits per heavy atom. The maximum absolute atomic E-state index is 12.5. The summed E-state index contributed by atoms with van der Waals surface area (Å²) in [5, 5.41) is 3.11. The van der Waals surface area contributed by atoms with E-state index in [0.717, 1.165) is 24.9 Å². The Morgan fingerprint density at radius 3 is 2.41 bits per heavy atom. The fourth-order valence-electron chi connectivity index (χ4n) is 3.58. The summed E-state index contributed by atoms with van der Waals surface area (Å²) in [4.78, 5) is 28.8. The third kappa shape index (κ3) is 7.18. The van der Waals surface area contributed by atoms with Gasteiger partial charge >= 0.3 is 0 Å². The zero-order chi connectivity index (χ0) is 19.9. The molecular weight excluding hydrogens is 338 g/mol. The molecule has 0 radical (unpaired) electrons. The first kappa shape index (κ1) is 21.2. The highest BCUT2D eigenvalue weighted by molar-refractivity contribution is 5.92. The van der Waals surface area contributed by atoms with Gasteiger partial charge in [0.25, 0.3) is 0 Å². The second-order valence-corrected chi connectivity index (χ2v) is 8.46. The van der Waals surface area contributed by atoms with Gasteiger partial charge in [-0.2, -0.15) is 0 Å². The standard InChI is InChI=1S/C22H33N3O2/c1-22(2,17-24(3)4)16-23-21(27)19-12-14-25(15-13-19)20(26)11-10-18-8-6-5-7-9-18/h5-11,19H,12-17H2,1-4H3,(H,23,27). The van der Waals surface area contributed by atoms with Gasteiger partial charge in [-0.1, -0.05) is 44.2 Å². The Kier molecular flexibility index (Phi) is 7.60. The van der Waals surface area contributed by atoms with E-state index in [2.05, 4.69) is 24.1 Å². The van der Waals surface area contributed by atoms with Crippen LogP contribution in [0.15, 0.2) is 36.4 Å². The topological polar surface area (TPSA) is 52.7 Å². The van der Waals surface area contributed by atoms with Gasteiger partial charge in [0.05, 0.1) is 0 Å². The van der Waals surface area contributed by atoms with Crippen LogP contribution in [-0.4, -0.2) is 61.9 Å². The number of piperidine rings is 1. The molecule has 27 heavy (non-hydrogen) atoms. The molecule has 1 aliphatic heterocycles. The Morgan fingerprint density at radius 2 is 1.81 bits per heavy atom. The van der Waals surface area contributed by atoms with Crippen LogP contribution in [-0.2, 0) is 9.59 Å². The van der Waals surface area contributed by atoms with Gasteiger partial charge in [0.2, 0.25) is 11.8 Å². The molecule has 1 fully saturated rings. The second-order valence-electron chi connectivity index (χ2n) is 8.46. The average molecular weight is 372 g/mol. The molecule has 148 valence electrons. The monoisotopic (exact) mass is 371 g/mol. The van der Waals surface area contributed by atoms with E-state index in [9.17, 15) is 9.59 Å². The molecule has 0 aromatic heterocycles. The number of hydrogen-bond acceptors (Lipinski definition) is 3. The Hall–Kier alpha value is -2.14. The summed E-state index contributed by atoms with van der Waals surface area (Å²) in [6, 6.07) is 9.80. The summed E-state index contributed by atoms with van der Waals surface area (Å²) in [5.74, 6) is 0.140. The third-order valence-electron chi connectivity index (χ3n) is 4.88. The fraction of sp³-hybridized carbons (Fsp3) is 0.545. The third-order valence-corrected chi connectivity index (χ3v) is 4.88. The van der Waals surface area contributed by atoms with Gasteiger partial charge in [0, 0.05) is 38.2 Å². The van der Waals surface area contributed by atoms with Crippen molar-refractivity contribution in [2.24, 2.45) is 11.3 Å². The molecule has 0 unspecified atom stereocenters. The number of carbonyl (C=O) groups excluding carboxylic acids is 2. The normalized spacial score (nSPS) is 16.1. The van der Waals surface area contributed by atoms with Crippen LogP contribution in [0.1, 0.15) is 32.3 Å². The molecular formula is C22H33N3O2. The zero-order valence-corrected chi connectivity index (χ0v) is 17.1. The quantitative estimate of drug-likeness (QED) is 0.750. The lowest BCUT2D eigenvalue weighted by atomic mass is 9.91. The van der Waals surface area contributed by atoms with Crippen molar-refractivity contribution >= 4 is 17.9 Å². The summed E-state index contributed by atoms with van der Waals surface area (Å²) in [6.07, 6.45) is 4.92. The maximum Gasteiger partial charge on any atom is 0.246 e. The first-order valence-corrected chi connectivity index (χ1v) is 9.71. The van der Waals surface area contributed by atoms with Crippen molar-refractivity contribution in [2.45, 2.75) is 26.7 Å². The Labute approximate surface area is 163 Å². The molecule has 1 heterocycles. The molecule has 0 saturated carbocycles. The van der Waals surface area contributed by atoms with Crippen molar-refractivity contribution in [1.29, 1.82) is 0 Å². The van der Waals surface area contributed by atoms with E-state index in [4.69, 9.17) is 0 Å². The molecule has 0 atom stereocenters. The minimum Gasteiger partial charge on any atom is -0.355 e. The van der Waals surface area contributed by atoms with E-state index in [1.165, 1.54) is 0 Å². The first-order chi connectivity index (χ1) is 12.8. The van der Waals surface area contributed by atoms with Crippen LogP contribution >= 0.6 is 0 Å². The van der Waals surface area contributed by atoms with Crippen molar-refractivity contribution in [2.75, 3.05) is 40.3 Å². The van der Waals surface area contributed by atoms with Gasteiger partial charge in [-0.25, -0.2) is 0 Å². The fourth-order valence-corrected chi connectivity index (χ4v) is 3.58. The van der Waals surface area contributed by atoms with E-state index in [1.54, 1.807) is 6.08 Å². The summed E-state index contributed by atoms with van der Waals surface area (Å²) in [5.41, 5.74) is 1.05. The van der Waals surface area contributed by atoms with E-state index >= 15 is 0 Å². The zero-order valence-electron chi connectivity index (χ0n) is 17.1. The minimum absolute atomic E-state index is 0.00214. The molecule has 1 aromatic rings. The van der Waals surface area contributed by atoms with Gasteiger partial charge in [0.1, 0.15) is 0 Å². The number of rotatable bonds is 7. The number of carbonyl (C=O) groups is 2. The highest BCUT2D eigenvalue weighted by atomic mass is 16.2. The molecule has 5 heteroatoms. The molecule has 1 saturated heterocycles. The summed E-state index contributed by atoms with van der Waals surface area (Å²) >= 11 is 0. The largest absolute Gasteiger partial charge is 0.355 e. The van der Waals surface area contributed by atoms with Crippen molar-refractivity contribution in [1.82, 2.24) is 15.1 Å². The van der Waals surface area contributed by atoms with E-state index in [0.29, 0.717) is 19.6 Å². The van der Waals surface area contributed by atoms with E-state index in [1.807, 2.05) is 55.4 Å². The van der Waals surface area contributed by atoms with E-state index < -0.39 is 0 Å². The highest BCUT2D eigenvalue weighted by Gasteiger charge is 2.28. The van der Waals surface area contributed by atoms with Gasteiger partial charge < -0.3 is 15.1 Å². The number of nitrogens with zero attached hydrogens (tertiary/aromatic N) is 2. The molecule has 1 aliphatic rings. The summed E-state index contributed by atoms with van der Waals surface area (Å²) in [6.45, 7) is 7.19. The van der Waals surface area contributed by atoms with Crippen LogP contribution in [0.25, 0.3) is 6.08 Å². The predicted molar refractivity (Wildman–Crippen MR) is 110 cm³/mol. The molecule has 0 spiro atoms. The molecule has 2 rings (SSSR count). The molecule has 0 bridgehead atoms. The number of benzene rings is 1. The van der Waals surface area contributed by atoms with Crippen LogP contribution < -0.4 is 5.32 Å². The molecule has 0 aliphatic carbocycles. The van der Waals surface area contributed by atoms with Gasteiger partial charge in [-0.3, -0.25) is 9.59 Å². The van der Waals surface area contributed by atoms with Gasteiger partial charge in [-0.05, 0) is 44.0 Å². The SMILES string of the molecule is CN(C)CC(C)(C)CNC(=O)C1CCN(C(=O)C=Cc2ccccc2)CC1. The van der Waals surface area contributed by atoms with Crippen LogP contribution in [0.2, 0.25) is 0 Å². The van der Waals surface area contributed by atoms with Crippen LogP contribution in [0.4, 0.5) is 0 Å². The molecule has 5 nitrogen and oxygen atoms in total. The van der Waals surface area contributed by atoms with E-state index in [-0.39, 0.29) is 23.1 Å². The molecule has 1 aromatic carbocycles. The average Bonchev–Trinajstić information content (AvgIpc) is 2.64. The summed E-state index contributed by atoms with van der Waals surface area (Å²) in [7, 11) is 4.09. The van der Waals surface area contributed by atoms with Crippen molar-refractivity contribution in [3.63, 3.8) is 0 Å². The number of amides is 2. The number of nitrogens with one attached hydrogen (secondary N) is 1. The van der Waals surface area contributed by atoms with Gasteiger partial charge in [0.15, 0.2) is 0 Å². The van der Waals surface area contributed by atoms with Gasteiger partial charge in [-0.15, -0.1) is 0 Å². The smallest absolute Gasteiger partial charge is 0.246 e. The molecule has 2 amide bonds. The van der Waals surface area contributed by atoms with Crippen molar-refractivity contribution < 1.29 is 9.59 Å². The van der Waals surface area contributed by atoms with Crippen LogP contribution in [0.5, 0.6) is 0 Å². The lowest BCUT2D eigenvalue weighted by Crippen LogP contribution is -2.45. The predicted octanol–water partition coefficient (Wildman–Crippen LogP) is 2.64. The minimum atomic E-state index is 0.00214. The Bertz CT molecular complexity index is 645. The first-order valence-electron chi connectivity index (χ1n) is 9.71. The second kappa shape index (κ2) is 9.70.